The van der Waals surface area contributed by atoms with E-state index < -0.39 is 0 Å². The van der Waals surface area contributed by atoms with Gasteiger partial charge in [0.1, 0.15) is 0 Å². The zero-order valence-electron chi connectivity index (χ0n) is 12.8. The van der Waals surface area contributed by atoms with E-state index >= 15 is 0 Å². The van der Waals surface area contributed by atoms with Crippen LogP contribution in [0.15, 0.2) is 35.7 Å². The molecule has 0 bridgehead atoms. The van der Waals surface area contributed by atoms with E-state index in [1.807, 2.05) is 24.6 Å². The Balaban J connectivity index is 2.13. The van der Waals surface area contributed by atoms with Crippen LogP contribution in [0.5, 0.6) is 0 Å². The van der Waals surface area contributed by atoms with Gasteiger partial charge in [0.25, 0.3) is 0 Å². The summed E-state index contributed by atoms with van der Waals surface area (Å²) < 4.78 is 7.13. The molecule has 1 heterocycles. The maximum absolute atomic E-state index is 11.6. The van der Waals surface area contributed by atoms with Crippen LogP contribution in [0.25, 0.3) is 5.69 Å². The second kappa shape index (κ2) is 6.80. The molecule has 21 heavy (non-hydrogen) atoms. The molecule has 0 saturated heterocycles. The second-order valence-corrected chi connectivity index (χ2v) is 6.20. The molecule has 0 amide bonds. The van der Waals surface area contributed by atoms with E-state index in [0.29, 0.717) is 0 Å². The van der Waals surface area contributed by atoms with E-state index in [0.717, 1.165) is 10.8 Å². The average Bonchev–Trinajstić information content (AvgIpc) is 2.82. The van der Waals surface area contributed by atoms with E-state index in [2.05, 4.69) is 37.0 Å². The van der Waals surface area contributed by atoms with Crippen LogP contribution in [0, 0.1) is 13.8 Å². The van der Waals surface area contributed by atoms with E-state index in [-0.39, 0.29) is 17.8 Å². The Morgan fingerprint density at radius 1 is 1.29 bits per heavy atom. The Labute approximate surface area is 129 Å². The highest BCUT2D eigenvalue weighted by Gasteiger charge is 2.11. The topological polar surface area (TPSA) is 44.1 Å². The summed E-state index contributed by atoms with van der Waals surface area (Å²) in [5, 5.41) is 0.792. The molecular weight excluding hydrogens is 284 g/mol. The molecule has 0 saturated carbocycles. The Morgan fingerprint density at radius 3 is 2.57 bits per heavy atom. The lowest BCUT2D eigenvalue weighted by Gasteiger charge is -2.10. The Hall–Kier alpha value is -1.75. The predicted octanol–water partition coefficient (Wildman–Crippen LogP) is 3.53. The van der Waals surface area contributed by atoms with Crippen molar-refractivity contribution in [2.24, 2.45) is 0 Å². The molecule has 5 heteroatoms. The molecule has 0 radical (unpaired) electrons. The summed E-state index contributed by atoms with van der Waals surface area (Å²) in [5.74, 6) is 0.0463. The SMILES string of the molecule is Cc1cc(C)cc(-n2ccnc2SCC(=O)OC(C)C)c1. The largest absolute Gasteiger partial charge is 0.462 e. The fraction of sp³-hybridized carbons (Fsp3) is 0.375. The Bertz CT molecular complexity index is 615. The van der Waals surface area contributed by atoms with Gasteiger partial charge in [-0.3, -0.25) is 9.36 Å². The molecule has 0 N–H and O–H groups in total. The number of carbonyl (C=O) groups is 1. The Kier molecular flexibility index (Phi) is 5.07. The highest BCUT2D eigenvalue weighted by Crippen LogP contribution is 2.22. The van der Waals surface area contributed by atoms with Crippen molar-refractivity contribution in [3.05, 3.63) is 41.7 Å². The van der Waals surface area contributed by atoms with Crippen LogP contribution < -0.4 is 0 Å². The molecule has 4 nitrogen and oxygen atoms in total. The molecule has 0 fully saturated rings. The van der Waals surface area contributed by atoms with Gasteiger partial charge < -0.3 is 4.74 Å². The number of rotatable bonds is 5. The highest BCUT2D eigenvalue weighted by molar-refractivity contribution is 7.99. The van der Waals surface area contributed by atoms with Crippen LogP contribution in [0.2, 0.25) is 0 Å². The number of nitrogens with zero attached hydrogens (tertiary/aromatic N) is 2. The molecule has 0 atom stereocenters. The third-order valence-electron chi connectivity index (χ3n) is 2.78. The van der Waals surface area contributed by atoms with Crippen molar-refractivity contribution < 1.29 is 9.53 Å². The maximum Gasteiger partial charge on any atom is 0.316 e. The molecule has 2 rings (SSSR count). The number of hydrogen-bond acceptors (Lipinski definition) is 4. The lowest BCUT2D eigenvalue weighted by Crippen LogP contribution is -2.13. The minimum Gasteiger partial charge on any atom is -0.462 e. The first-order valence-electron chi connectivity index (χ1n) is 6.90. The summed E-state index contributed by atoms with van der Waals surface area (Å²) in [4.78, 5) is 15.9. The molecule has 1 aromatic carbocycles. The molecule has 0 aliphatic heterocycles. The number of carbonyl (C=O) groups excluding carboxylic acids is 1. The average molecular weight is 304 g/mol. The third-order valence-corrected chi connectivity index (χ3v) is 3.72. The number of esters is 1. The van der Waals surface area contributed by atoms with Crippen LogP contribution >= 0.6 is 11.8 Å². The van der Waals surface area contributed by atoms with Crippen molar-refractivity contribution in [2.75, 3.05) is 5.75 Å². The van der Waals surface area contributed by atoms with Crippen LogP contribution in [0.4, 0.5) is 0 Å². The quantitative estimate of drug-likeness (QED) is 0.626. The fourth-order valence-electron chi connectivity index (χ4n) is 2.10. The summed E-state index contributed by atoms with van der Waals surface area (Å²) in [6, 6.07) is 6.34. The van der Waals surface area contributed by atoms with Gasteiger partial charge in [0.2, 0.25) is 0 Å². The molecule has 2 aromatic rings. The lowest BCUT2D eigenvalue weighted by atomic mass is 10.1. The first-order chi connectivity index (χ1) is 9.95. The van der Waals surface area contributed by atoms with Crippen molar-refractivity contribution in [1.82, 2.24) is 9.55 Å². The zero-order chi connectivity index (χ0) is 15.4. The molecule has 0 spiro atoms. The standard InChI is InChI=1S/C16H20N2O2S/c1-11(2)20-15(19)10-21-16-17-5-6-18(16)14-8-12(3)7-13(4)9-14/h5-9,11H,10H2,1-4H3. The number of benzene rings is 1. The normalized spacial score (nSPS) is 10.9. The lowest BCUT2D eigenvalue weighted by molar-refractivity contribution is -0.144. The minimum atomic E-state index is -0.218. The van der Waals surface area contributed by atoms with E-state index in [4.69, 9.17) is 4.74 Å². The number of imidazole rings is 1. The van der Waals surface area contributed by atoms with Gasteiger partial charge in [-0.25, -0.2) is 4.98 Å². The van der Waals surface area contributed by atoms with Gasteiger partial charge in [-0.15, -0.1) is 0 Å². The van der Waals surface area contributed by atoms with Crippen molar-refractivity contribution in [3.8, 4) is 5.69 Å². The highest BCUT2D eigenvalue weighted by atomic mass is 32.2. The molecule has 1 aromatic heterocycles. The van der Waals surface area contributed by atoms with Gasteiger partial charge in [0.05, 0.1) is 11.9 Å². The minimum absolute atomic E-state index is 0.0859. The summed E-state index contributed by atoms with van der Waals surface area (Å²) in [7, 11) is 0. The zero-order valence-corrected chi connectivity index (χ0v) is 13.6. The first kappa shape index (κ1) is 15.6. The predicted molar refractivity (Wildman–Crippen MR) is 85.0 cm³/mol. The number of aromatic nitrogens is 2. The van der Waals surface area contributed by atoms with Crippen LogP contribution in [-0.2, 0) is 9.53 Å². The Morgan fingerprint density at radius 2 is 1.95 bits per heavy atom. The van der Waals surface area contributed by atoms with Crippen molar-refractivity contribution >= 4 is 17.7 Å². The van der Waals surface area contributed by atoms with Gasteiger partial charge in [-0.05, 0) is 51.0 Å². The smallest absolute Gasteiger partial charge is 0.316 e. The third kappa shape index (κ3) is 4.36. The van der Waals surface area contributed by atoms with Gasteiger partial charge >= 0.3 is 5.97 Å². The summed E-state index contributed by atoms with van der Waals surface area (Å²) in [6.07, 6.45) is 3.57. The second-order valence-electron chi connectivity index (χ2n) is 5.25. The van der Waals surface area contributed by atoms with Crippen LogP contribution in [0.1, 0.15) is 25.0 Å². The van der Waals surface area contributed by atoms with Gasteiger partial charge in [-0.1, -0.05) is 17.8 Å². The van der Waals surface area contributed by atoms with Gasteiger partial charge in [0, 0.05) is 18.1 Å². The van der Waals surface area contributed by atoms with Crippen molar-refractivity contribution in [3.63, 3.8) is 0 Å². The molecule has 0 aliphatic rings. The van der Waals surface area contributed by atoms with E-state index in [9.17, 15) is 4.79 Å². The number of hydrogen-bond donors (Lipinski definition) is 0. The summed E-state index contributed by atoms with van der Waals surface area (Å²) >= 11 is 1.39. The van der Waals surface area contributed by atoms with Crippen LogP contribution in [-0.4, -0.2) is 27.4 Å². The summed E-state index contributed by atoms with van der Waals surface area (Å²) in [5.41, 5.74) is 3.47. The van der Waals surface area contributed by atoms with E-state index in [1.165, 1.54) is 22.9 Å². The molecule has 112 valence electrons. The number of aryl methyl sites for hydroxylation is 2. The van der Waals surface area contributed by atoms with Gasteiger partial charge in [0.15, 0.2) is 5.16 Å². The fourth-order valence-corrected chi connectivity index (χ4v) is 2.86. The van der Waals surface area contributed by atoms with Gasteiger partial charge in [-0.2, -0.15) is 0 Å². The van der Waals surface area contributed by atoms with Crippen molar-refractivity contribution in [1.29, 1.82) is 0 Å². The van der Waals surface area contributed by atoms with E-state index in [1.54, 1.807) is 6.20 Å². The number of thioether (sulfide) groups is 1. The first-order valence-corrected chi connectivity index (χ1v) is 7.88. The van der Waals surface area contributed by atoms with Crippen LogP contribution in [0.3, 0.4) is 0 Å². The molecular formula is C16H20N2O2S. The maximum atomic E-state index is 11.6. The number of ether oxygens (including phenoxy) is 1. The summed E-state index contributed by atoms with van der Waals surface area (Å²) in [6.45, 7) is 7.83. The molecule has 0 aliphatic carbocycles. The van der Waals surface area contributed by atoms with Crippen molar-refractivity contribution in [2.45, 2.75) is 39.0 Å². The monoisotopic (exact) mass is 304 g/mol. The molecule has 0 unspecified atom stereocenters.